The summed E-state index contributed by atoms with van der Waals surface area (Å²) in [6, 6.07) is 7.68. The van der Waals surface area contributed by atoms with Gasteiger partial charge in [-0.25, -0.2) is 8.42 Å². The Morgan fingerprint density at radius 1 is 1.23 bits per heavy atom. The highest BCUT2D eigenvalue weighted by Crippen LogP contribution is 2.35. The van der Waals surface area contributed by atoms with Gasteiger partial charge in [-0.05, 0) is 25.3 Å². The van der Waals surface area contributed by atoms with Gasteiger partial charge in [0.1, 0.15) is 0 Å². The summed E-state index contributed by atoms with van der Waals surface area (Å²) >= 11 is 0. The zero-order valence-electron chi connectivity index (χ0n) is 17.5. The Morgan fingerprint density at radius 2 is 1.93 bits per heavy atom. The fourth-order valence-electron chi connectivity index (χ4n) is 3.85. The highest BCUT2D eigenvalue weighted by molar-refractivity contribution is 7.88. The van der Waals surface area contributed by atoms with Gasteiger partial charge >= 0.3 is 0 Å². The van der Waals surface area contributed by atoms with Crippen molar-refractivity contribution in [1.82, 2.24) is 19.3 Å². The fraction of sp³-hybridized carbons (Fsp3) is 0.571. The summed E-state index contributed by atoms with van der Waals surface area (Å²) in [7, 11) is -3.40. The second kappa shape index (κ2) is 8.47. The molecule has 1 aromatic heterocycles. The van der Waals surface area contributed by atoms with Crippen LogP contribution in [0.4, 0.5) is 0 Å². The van der Waals surface area contributed by atoms with Crippen LogP contribution in [-0.4, -0.2) is 65.6 Å². The van der Waals surface area contributed by atoms with Gasteiger partial charge in [0.25, 0.3) is 0 Å². The van der Waals surface area contributed by atoms with Crippen LogP contribution in [0.25, 0.3) is 0 Å². The minimum Gasteiger partial charge on any atom is -0.339 e. The van der Waals surface area contributed by atoms with Crippen LogP contribution in [-0.2, 0) is 27.7 Å². The Hall–Kier alpha value is -2.26. The van der Waals surface area contributed by atoms with Crippen molar-refractivity contribution in [2.24, 2.45) is 0 Å². The largest absolute Gasteiger partial charge is 0.339 e. The van der Waals surface area contributed by atoms with Crippen molar-refractivity contribution in [2.75, 3.05) is 25.9 Å². The zero-order valence-corrected chi connectivity index (χ0v) is 18.3. The van der Waals surface area contributed by atoms with E-state index in [9.17, 15) is 13.2 Å². The standard InChI is InChI=1S/C21H28N4O4S/c1-15-6-8-16(9-7-15)12-20(26)24-13-18(14-24)25(30(2,27)28)11-10-19-22-21(29-23-19)17-4-3-5-17/h6-9,17-18H,3-5,10-14H2,1-2H3. The number of sulfonamides is 1. The molecule has 4 rings (SSSR count). The summed E-state index contributed by atoms with van der Waals surface area (Å²) in [6.45, 7) is 3.12. The van der Waals surface area contributed by atoms with Crippen LogP contribution in [0.5, 0.6) is 0 Å². The van der Waals surface area contributed by atoms with E-state index in [0.717, 1.165) is 24.0 Å². The summed E-state index contributed by atoms with van der Waals surface area (Å²) in [5, 5.41) is 4.00. The lowest BCUT2D eigenvalue weighted by molar-refractivity contribution is -0.136. The Bertz CT molecular complexity index is 992. The van der Waals surface area contributed by atoms with Gasteiger partial charge in [-0.1, -0.05) is 41.4 Å². The van der Waals surface area contributed by atoms with Gasteiger partial charge in [0.05, 0.1) is 18.7 Å². The molecule has 0 radical (unpaired) electrons. The van der Waals surface area contributed by atoms with Gasteiger partial charge in [-0.3, -0.25) is 4.79 Å². The van der Waals surface area contributed by atoms with Gasteiger partial charge in [0, 0.05) is 32.0 Å². The van der Waals surface area contributed by atoms with E-state index in [2.05, 4.69) is 10.1 Å². The number of amides is 1. The molecule has 1 aliphatic heterocycles. The van der Waals surface area contributed by atoms with E-state index < -0.39 is 10.0 Å². The molecule has 0 unspecified atom stereocenters. The minimum atomic E-state index is -3.40. The molecule has 1 saturated carbocycles. The van der Waals surface area contributed by atoms with Crippen molar-refractivity contribution < 1.29 is 17.7 Å². The highest BCUT2D eigenvalue weighted by Gasteiger charge is 2.38. The number of hydrogen-bond acceptors (Lipinski definition) is 6. The van der Waals surface area contributed by atoms with E-state index in [1.54, 1.807) is 4.90 Å². The van der Waals surface area contributed by atoms with Crippen molar-refractivity contribution in [1.29, 1.82) is 0 Å². The van der Waals surface area contributed by atoms with Crippen molar-refractivity contribution in [3.05, 3.63) is 47.1 Å². The third kappa shape index (κ3) is 4.73. The molecule has 2 fully saturated rings. The molecule has 2 aliphatic rings. The van der Waals surface area contributed by atoms with Gasteiger partial charge in [0.2, 0.25) is 21.8 Å². The average molecular weight is 433 g/mol. The fourth-order valence-corrected chi connectivity index (χ4v) is 4.95. The molecule has 1 saturated heterocycles. The van der Waals surface area contributed by atoms with Crippen LogP contribution in [0.3, 0.4) is 0 Å². The van der Waals surface area contributed by atoms with E-state index in [1.807, 2.05) is 31.2 Å². The SMILES string of the molecule is Cc1ccc(CC(=O)N2CC(N(CCc3noc(C4CCC4)n3)S(C)(=O)=O)C2)cc1. The van der Waals surface area contributed by atoms with Gasteiger partial charge in [-0.15, -0.1) is 0 Å². The van der Waals surface area contributed by atoms with E-state index in [-0.39, 0.29) is 18.5 Å². The summed E-state index contributed by atoms with van der Waals surface area (Å²) in [5.74, 6) is 1.58. The first kappa shape index (κ1) is 21.0. The van der Waals surface area contributed by atoms with Crippen molar-refractivity contribution >= 4 is 15.9 Å². The van der Waals surface area contributed by atoms with Crippen LogP contribution in [0.15, 0.2) is 28.8 Å². The van der Waals surface area contributed by atoms with Crippen LogP contribution in [0.2, 0.25) is 0 Å². The topological polar surface area (TPSA) is 96.6 Å². The quantitative estimate of drug-likeness (QED) is 0.632. The van der Waals surface area contributed by atoms with Gasteiger partial charge in [0.15, 0.2) is 5.82 Å². The summed E-state index contributed by atoms with van der Waals surface area (Å²) in [5.41, 5.74) is 2.12. The van der Waals surface area contributed by atoms with Crippen molar-refractivity contribution in [3.8, 4) is 0 Å². The van der Waals surface area contributed by atoms with Gasteiger partial charge < -0.3 is 9.42 Å². The predicted molar refractivity (Wildman–Crippen MR) is 111 cm³/mol. The lowest BCUT2D eigenvalue weighted by Gasteiger charge is -2.44. The summed E-state index contributed by atoms with van der Waals surface area (Å²) < 4.78 is 31.4. The molecule has 1 amide bonds. The molecule has 0 atom stereocenters. The van der Waals surface area contributed by atoms with Crippen molar-refractivity contribution in [3.63, 3.8) is 0 Å². The molecule has 9 heteroatoms. The van der Waals surface area contributed by atoms with E-state index in [0.29, 0.717) is 43.6 Å². The Balaban J connectivity index is 1.31. The van der Waals surface area contributed by atoms with Crippen LogP contribution in [0.1, 0.15) is 48.0 Å². The molecular formula is C21H28N4O4S. The molecule has 2 heterocycles. The number of hydrogen-bond donors (Lipinski definition) is 0. The van der Waals surface area contributed by atoms with Crippen LogP contribution >= 0.6 is 0 Å². The summed E-state index contributed by atoms with van der Waals surface area (Å²) in [4.78, 5) is 18.6. The second-order valence-corrected chi connectivity index (χ2v) is 10.4. The maximum Gasteiger partial charge on any atom is 0.229 e. The Morgan fingerprint density at radius 3 is 2.53 bits per heavy atom. The van der Waals surface area contributed by atoms with E-state index in [4.69, 9.17) is 4.52 Å². The number of benzene rings is 1. The van der Waals surface area contributed by atoms with Crippen LogP contribution in [0, 0.1) is 6.92 Å². The number of carbonyl (C=O) groups is 1. The average Bonchev–Trinajstić information content (AvgIpc) is 3.04. The third-order valence-corrected chi connectivity index (χ3v) is 7.35. The molecule has 2 aromatic rings. The first-order chi connectivity index (χ1) is 14.3. The highest BCUT2D eigenvalue weighted by atomic mass is 32.2. The maximum atomic E-state index is 12.5. The maximum absolute atomic E-state index is 12.5. The number of aromatic nitrogens is 2. The minimum absolute atomic E-state index is 0.0202. The van der Waals surface area contributed by atoms with Gasteiger partial charge in [-0.2, -0.15) is 9.29 Å². The molecular weight excluding hydrogens is 404 g/mol. The molecule has 1 aromatic carbocycles. The molecule has 8 nitrogen and oxygen atoms in total. The Kier molecular flexibility index (Phi) is 5.92. The first-order valence-corrected chi connectivity index (χ1v) is 12.3. The summed E-state index contributed by atoms with van der Waals surface area (Å²) in [6.07, 6.45) is 5.28. The third-order valence-electron chi connectivity index (χ3n) is 6.02. The smallest absolute Gasteiger partial charge is 0.229 e. The Labute approximate surface area is 177 Å². The molecule has 0 bridgehead atoms. The molecule has 1 aliphatic carbocycles. The monoisotopic (exact) mass is 432 g/mol. The molecule has 30 heavy (non-hydrogen) atoms. The van der Waals surface area contributed by atoms with E-state index in [1.165, 1.54) is 17.0 Å². The number of carbonyl (C=O) groups excluding carboxylic acids is 1. The number of nitrogens with zero attached hydrogens (tertiary/aromatic N) is 4. The lowest BCUT2D eigenvalue weighted by atomic mass is 9.85. The number of rotatable bonds is 8. The zero-order chi connectivity index (χ0) is 21.3. The van der Waals surface area contributed by atoms with Crippen LogP contribution < -0.4 is 0 Å². The van der Waals surface area contributed by atoms with Crippen molar-refractivity contribution in [2.45, 2.75) is 51.0 Å². The molecule has 0 spiro atoms. The predicted octanol–water partition coefficient (Wildman–Crippen LogP) is 1.90. The molecule has 162 valence electrons. The normalized spacial score (nSPS) is 17.8. The lowest BCUT2D eigenvalue weighted by Crippen LogP contribution is -2.62. The van der Waals surface area contributed by atoms with E-state index >= 15 is 0 Å². The number of aryl methyl sites for hydroxylation is 1. The second-order valence-electron chi connectivity index (χ2n) is 8.42. The first-order valence-electron chi connectivity index (χ1n) is 10.4. The molecule has 0 N–H and O–H groups in total. The number of likely N-dealkylation sites (tertiary alicyclic amines) is 1.